The van der Waals surface area contributed by atoms with Crippen molar-refractivity contribution in [2.24, 2.45) is 10.9 Å². The van der Waals surface area contributed by atoms with Crippen molar-refractivity contribution in [2.45, 2.75) is 32.7 Å². The standard InChI is InChI=1S/C20H31N3O3/c1-3-21-20(23(2)9-12-24-15-16-5-6-16)22-14-17-7-8-18-19(13-17)26-11-4-10-25-18/h7-8,13,16H,3-6,9-12,14-15H2,1-2H3,(H,21,22). The van der Waals surface area contributed by atoms with Crippen LogP contribution in [0.25, 0.3) is 0 Å². The quantitative estimate of drug-likeness (QED) is 0.438. The van der Waals surface area contributed by atoms with Gasteiger partial charge in [-0.25, -0.2) is 4.99 Å². The second-order valence-corrected chi connectivity index (χ2v) is 6.94. The lowest BCUT2D eigenvalue weighted by molar-refractivity contribution is 0.115. The number of rotatable bonds is 8. The van der Waals surface area contributed by atoms with Crippen molar-refractivity contribution in [2.75, 3.05) is 46.6 Å². The molecule has 1 fully saturated rings. The highest BCUT2D eigenvalue weighted by Gasteiger charge is 2.21. The number of likely N-dealkylation sites (N-methyl/N-ethyl adjacent to an activating group) is 1. The van der Waals surface area contributed by atoms with Gasteiger partial charge in [-0.05, 0) is 43.4 Å². The number of fused-ring (bicyclic) bond motifs is 1. The van der Waals surface area contributed by atoms with Gasteiger partial charge in [0.1, 0.15) is 0 Å². The molecule has 0 spiro atoms. The van der Waals surface area contributed by atoms with Gasteiger partial charge in [-0.1, -0.05) is 6.07 Å². The van der Waals surface area contributed by atoms with Gasteiger partial charge in [0.25, 0.3) is 0 Å². The number of hydrogen-bond acceptors (Lipinski definition) is 4. The van der Waals surface area contributed by atoms with E-state index in [9.17, 15) is 0 Å². The van der Waals surface area contributed by atoms with E-state index in [-0.39, 0.29) is 0 Å². The molecule has 1 aromatic carbocycles. The third-order valence-electron chi connectivity index (χ3n) is 4.54. The summed E-state index contributed by atoms with van der Waals surface area (Å²) in [4.78, 5) is 6.89. The maximum absolute atomic E-state index is 5.76. The van der Waals surface area contributed by atoms with Crippen LogP contribution in [0.15, 0.2) is 23.2 Å². The van der Waals surface area contributed by atoms with Crippen molar-refractivity contribution in [3.05, 3.63) is 23.8 Å². The Morgan fingerprint density at radius 2 is 2.08 bits per heavy atom. The Morgan fingerprint density at radius 1 is 1.27 bits per heavy atom. The highest BCUT2D eigenvalue weighted by atomic mass is 16.5. The molecule has 2 aliphatic rings. The molecule has 0 amide bonds. The van der Waals surface area contributed by atoms with Crippen molar-refractivity contribution < 1.29 is 14.2 Å². The monoisotopic (exact) mass is 361 g/mol. The normalized spacial score (nSPS) is 16.9. The Kier molecular flexibility index (Phi) is 7.00. The predicted octanol–water partition coefficient (Wildman–Crippen LogP) is 2.67. The summed E-state index contributed by atoms with van der Waals surface area (Å²) in [7, 11) is 2.05. The molecule has 0 unspecified atom stereocenters. The maximum Gasteiger partial charge on any atom is 0.194 e. The lowest BCUT2D eigenvalue weighted by Gasteiger charge is -2.22. The van der Waals surface area contributed by atoms with E-state index in [1.807, 2.05) is 12.1 Å². The Balaban J connectivity index is 1.54. The van der Waals surface area contributed by atoms with Crippen LogP contribution in [0.4, 0.5) is 0 Å². The first-order chi connectivity index (χ1) is 12.8. The van der Waals surface area contributed by atoms with Crippen LogP contribution in [-0.4, -0.2) is 57.4 Å². The summed E-state index contributed by atoms with van der Waals surface area (Å²) >= 11 is 0. The molecule has 1 N–H and O–H groups in total. The molecule has 1 aliphatic heterocycles. The minimum atomic E-state index is 0.603. The lowest BCUT2D eigenvalue weighted by atomic mass is 10.2. The minimum absolute atomic E-state index is 0.603. The molecule has 1 saturated carbocycles. The first kappa shape index (κ1) is 18.8. The van der Waals surface area contributed by atoms with Crippen molar-refractivity contribution >= 4 is 5.96 Å². The van der Waals surface area contributed by atoms with E-state index < -0.39 is 0 Å². The van der Waals surface area contributed by atoms with Crippen LogP contribution in [-0.2, 0) is 11.3 Å². The molecule has 1 aromatic rings. The molecule has 0 saturated heterocycles. The van der Waals surface area contributed by atoms with Gasteiger partial charge < -0.3 is 24.4 Å². The molecule has 26 heavy (non-hydrogen) atoms. The van der Waals surface area contributed by atoms with Crippen molar-refractivity contribution in [3.63, 3.8) is 0 Å². The molecule has 1 aliphatic carbocycles. The molecule has 0 atom stereocenters. The third-order valence-corrected chi connectivity index (χ3v) is 4.54. The largest absolute Gasteiger partial charge is 0.490 e. The molecular weight excluding hydrogens is 330 g/mol. The van der Waals surface area contributed by atoms with Crippen molar-refractivity contribution in [1.29, 1.82) is 0 Å². The van der Waals surface area contributed by atoms with Crippen LogP contribution in [0.1, 0.15) is 31.7 Å². The van der Waals surface area contributed by atoms with Gasteiger partial charge in [0.2, 0.25) is 0 Å². The summed E-state index contributed by atoms with van der Waals surface area (Å²) in [5.74, 6) is 3.35. The summed E-state index contributed by atoms with van der Waals surface area (Å²) < 4.78 is 17.2. The number of aliphatic imine (C=N–C) groups is 1. The van der Waals surface area contributed by atoms with Crippen LogP contribution in [0.5, 0.6) is 11.5 Å². The van der Waals surface area contributed by atoms with Crippen molar-refractivity contribution in [3.8, 4) is 11.5 Å². The summed E-state index contributed by atoms with van der Waals surface area (Å²) in [5.41, 5.74) is 1.11. The van der Waals surface area contributed by atoms with Gasteiger partial charge in [0, 0.05) is 33.2 Å². The van der Waals surface area contributed by atoms with Gasteiger partial charge in [0.15, 0.2) is 17.5 Å². The zero-order chi connectivity index (χ0) is 18.2. The fraction of sp³-hybridized carbons (Fsp3) is 0.650. The summed E-state index contributed by atoms with van der Waals surface area (Å²) in [6.07, 6.45) is 3.57. The van der Waals surface area contributed by atoms with Gasteiger partial charge in [-0.3, -0.25) is 0 Å². The fourth-order valence-corrected chi connectivity index (χ4v) is 2.78. The minimum Gasteiger partial charge on any atom is -0.490 e. The van der Waals surface area contributed by atoms with E-state index in [4.69, 9.17) is 19.2 Å². The maximum atomic E-state index is 5.76. The Labute approximate surface area is 156 Å². The first-order valence-corrected chi connectivity index (χ1v) is 9.72. The Hall–Kier alpha value is -1.95. The highest BCUT2D eigenvalue weighted by Crippen LogP contribution is 2.30. The molecule has 0 aromatic heterocycles. The first-order valence-electron chi connectivity index (χ1n) is 9.72. The average molecular weight is 361 g/mol. The number of benzene rings is 1. The lowest BCUT2D eigenvalue weighted by Crippen LogP contribution is -2.40. The fourth-order valence-electron chi connectivity index (χ4n) is 2.78. The molecule has 6 nitrogen and oxygen atoms in total. The molecule has 3 rings (SSSR count). The summed E-state index contributed by atoms with van der Waals surface area (Å²) in [6, 6.07) is 6.07. The summed E-state index contributed by atoms with van der Waals surface area (Å²) in [5, 5.41) is 3.35. The number of nitrogens with zero attached hydrogens (tertiary/aromatic N) is 2. The van der Waals surface area contributed by atoms with Gasteiger partial charge in [-0.15, -0.1) is 0 Å². The van der Waals surface area contributed by atoms with Crippen LogP contribution >= 0.6 is 0 Å². The van der Waals surface area contributed by atoms with E-state index in [0.717, 1.165) is 61.7 Å². The average Bonchev–Trinajstić information content (AvgIpc) is 3.48. The third kappa shape index (κ3) is 5.80. The second-order valence-electron chi connectivity index (χ2n) is 6.94. The molecule has 144 valence electrons. The van der Waals surface area contributed by atoms with E-state index in [1.54, 1.807) is 0 Å². The second kappa shape index (κ2) is 9.67. The smallest absolute Gasteiger partial charge is 0.194 e. The number of nitrogens with one attached hydrogen (secondary N) is 1. The van der Waals surface area contributed by atoms with Crippen LogP contribution in [0, 0.1) is 5.92 Å². The van der Waals surface area contributed by atoms with Crippen LogP contribution in [0.2, 0.25) is 0 Å². The van der Waals surface area contributed by atoms with E-state index in [2.05, 4.69) is 30.3 Å². The highest BCUT2D eigenvalue weighted by molar-refractivity contribution is 5.79. The topological polar surface area (TPSA) is 55.3 Å². The zero-order valence-electron chi connectivity index (χ0n) is 16.0. The number of guanidine groups is 1. The van der Waals surface area contributed by atoms with Gasteiger partial charge in [0.05, 0.1) is 26.4 Å². The van der Waals surface area contributed by atoms with Crippen LogP contribution in [0.3, 0.4) is 0 Å². The molecule has 6 heteroatoms. The summed E-state index contributed by atoms with van der Waals surface area (Å²) in [6.45, 7) is 7.41. The Bertz CT molecular complexity index is 602. The van der Waals surface area contributed by atoms with Crippen LogP contribution < -0.4 is 14.8 Å². The van der Waals surface area contributed by atoms with Gasteiger partial charge in [-0.2, -0.15) is 0 Å². The molecule has 0 radical (unpaired) electrons. The SMILES string of the molecule is CCNC(=NCc1ccc2c(c1)OCCCO2)N(C)CCOCC1CC1. The molecule has 1 heterocycles. The van der Waals surface area contributed by atoms with Gasteiger partial charge >= 0.3 is 0 Å². The van der Waals surface area contributed by atoms with E-state index >= 15 is 0 Å². The van der Waals surface area contributed by atoms with Crippen molar-refractivity contribution in [1.82, 2.24) is 10.2 Å². The van der Waals surface area contributed by atoms with E-state index in [0.29, 0.717) is 19.8 Å². The predicted molar refractivity (Wildman–Crippen MR) is 103 cm³/mol. The molecule has 0 bridgehead atoms. The number of hydrogen-bond donors (Lipinski definition) is 1. The zero-order valence-corrected chi connectivity index (χ0v) is 16.0. The Morgan fingerprint density at radius 3 is 2.85 bits per heavy atom. The van der Waals surface area contributed by atoms with E-state index in [1.165, 1.54) is 12.8 Å². The molecular formula is C20H31N3O3. The number of ether oxygens (including phenoxy) is 3.